The first-order chi connectivity index (χ1) is 8.74. The van der Waals surface area contributed by atoms with Crippen LogP contribution in [0.1, 0.15) is 24.8 Å². The molecule has 2 heterocycles. The zero-order valence-electron chi connectivity index (χ0n) is 10.7. The zero-order chi connectivity index (χ0) is 12.5. The third kappa shape index (κ3) is 2.08. The highest BCUT2D eigenvalue weighted by atomic mass is 16.5. The van der Waals surface area contributed by atoms with Crippen molar-refractivity contribution in [1.82, 2.24) is 9.55 Å². The van der Waals surface area contributed by atoms with Crippen LogP contribution >= 0.6 is 0 Å². The van der Waals surface area contributed by atoms with Crippen LogP contribution < -0.4 is 5.73 Å². The van der Waals surface area contributed by atoms with Gasteiger partial charge in [-0.3, -0.25) is 0 Å². The summed E-state index contributed by atoms with van der Waals surface area (Å²) >= 11 is 0. The Balaban J connectivity index is 1.94. The molecule has 2 N–H and O–H groups in total. The predicted molar refractivity (Wildman–Crippen MR) is 72.5 cm³/mol. The minimum absolute atomic E-state index is 0.277. The molecule has 0 amide bonds. The van der Waals surface area contributed by atoms with E-state index in [2.05, 4.69) is 28.6 Å². The van der Waals surface area contributed by atoms with E-state index in [1.165, 1.54) is 18.4 Å². The van der Waals surface area contributed by atoms with E-state index in [4.69, 9.17) is 10.5 Å². The first-order valence-corrected chi connectivity index (χ1v) is 6.58. The van der Waals surface area contributed by atoms with Crippen molar-refractivity contribution in [3.05, 3.63) is 23.8 Å². The van der Waals surface area contributed by atoms with Gasteiger partial charge in [-0.05, 0) is 43.9 Å². The van der Waals surface area contributed by atoms with Crippen molar-refractivity contribution in [2.75, 3.05) is 12.3 Å². The Bertz CT molecular complexity index is 555. The van der Waals surface area contributed by atoms with Crippen LogP contribution in [0, 0.1) is 6.92 Å². The summed E-state index contributed by atoms with van der Waals surface area (Å²) in [5.74, 6) is 0.588. The molecular formula is C14H19N3O. The molecule has 1 unspecified atom stereocenters. The number of nitrogens with zero attached hydrogens (tertiary/aromatic N) is 2. The van der Waals surface area contributed by atoms with Crippen molar-refractivity contribution in [1.29, 1.82) is 0 Å². The molecule has 1 aliphatic rings. The van der Waals surface area contributed by atoms with E-state index in [-0.39, 0.29) is 6.10 Å². The summed E-state index contributed by atoms with van der Waals surface area (Å²) in [4.78, 5) is 4.40. The zero-order valence-corrected chi connectivity index (χ0v) is 10.7. The van der Waals surface area contributed by atoms with Gasteiger partial charge in [-0.1, -0.05) is 6.07 Å². The molecule has 0 saturated carbocycles. The maximum absolute atomic E-state index is 6.02. The molecule has 96 valence electrons. The van der Waals surface area contributed by atoms with Crippen LogP contribution in [0.2, 0.25) is 0 Å². The number of benzene rings is 1. The van der Waals surface area contributed by atoms with Crippen molar-refractivity contribution < 1.29 is 4.74 Å². The molecule has 1 fully saturated rings. The Kier molecular flexibility index (Phi) is 2.96. The molecular weight excluding hydrogens is 226 g/mol. The second-order valence-corrected chi connectivity index (χ2v) is 5.06. The number of imidazole rings is 1. The monoisotopic (exact) mass is 245 g/mol. The number of rotatable bonds is 2. The number of nitrogen functional groups attached to an aromatic ring is 1. The van der Waals surface area contributed by atoms with E-state index in [1.807, 2.05) is 6.07 Å². The number of ether oxygens (including phenoxy) is 1. The first-order valence-electron chi connectivity index (χ1n) is 6.58. The summed E-state index contributed by atoms with van der Waals surface area (Å²) in [6.45, 7) is 3.77. The maximum atomic E-state index is 6.02. The minimum atomic E-state index is 0.277. The van der Waals surface area contributed by atoms with Crippen LogP contribution in [0.25, 0.3) is 11.0 Å². The third-order valence-electron chi connectivity index (χ3n) is 3.59. The topological polar surface area (TPSA) is 53.1 Å². The minimum Gasteiger partial charge on any atom is -0.376 e. The van der Waals surface area contributed by atoms with Crippen LogP contribution in [0.15, 0.2) is 18.2 Å². The van der Waals surface area contributed by atoms with Crippen LogP contribution in [-0.2, 0) is 11.3 Å². The quantitative estimate of drug-likeness (QED) is 0.884. The lowest BCUT2D eigenvalue weighted by atomic mass is 10.1. The van der Waals surface area contributed by atoms with Crippen LogP contribution in [0.3, 0.4) is 0 Å². The summed E-state index contributed by atoms with van der Waals surface area (Å²) < 4.78 is 7.86. The van der Waals surface area contributed by atoms with Gasteiger partial charge in [0.15, 0.2) is 0 Å². The fraction of sp³-hybridized carbons (Fsp3) is 0.500. The van der Waals surface area contributed by atoms with E-state index in [1.54, 1.807) is 0 Å². The molecule has 18 heavy (non-hydrogen) atoms. The molecule has 2 aromatic rings. The summed E-state index contributed by atoms with van der Waals surface area (Å²) in [5.41, 5.74) is 9.33. The van der Waals surface area contributed by atoms with Crippen molar-refractivity contribution >= 4 is 17.0 Å². The average molecular weight is 245 g/mol. The van der Waals surface area contributed by atoms with Gasteiger partial charge >= 0.3 is 0 Å². The third-order valence-corrected chi connectivity index (χ3v) is 3.59. The van der Waals surface area contributed by atoms with Gasteiger partial charge in [-0.25, -0.2) is 4.98 Å². The van der Waals surface area contributed by atoms with Gasteiger partial charge < -0.3 is 15.0 Å². The molecule has 1 aromatic heterocycles. The molecule has 1 saturated heterocycles. The van der Waals surface area contributed by atoms with Gasteiger partial charge in [0, 0.05) is 6.61 Å². The molecule has 1 atom stereocenters. The lowest BCUT2D eigenvalue weighted by Crippen LogP contribution is -2.25. The Labute approximate surface area is 107 Å². The fourth-order valence-electron chi connectivity index (χ4n) is 2.60. The average Bonchev–Trinajstić information content (AvgIpc) is 2.67. The molecule has 0 spiro atoms. The molecule has 1 aliphatic heterocycles. The number of aryl methyl sites for hydroxylation is 1. The summed E-state index contributed by atoms with van der Waals surface area (Å²) in [6, 6.07) is 6.23. The van der Waals surface area contributed by atoms with Crippen LogP contribution in [-0.4, -0.2) is 22.3 Å². The van der Waals surface area contributed by atoms with Crippen molar-refractivity contribution in [2.24, 2.45) is 0 Å². The standard InChI is InChI=1S/C14H19N3O/c1-10-5-6-12-13(8-10)17(14(15)16-12)9-11-4-2-3-7-18-11/h5-6,8,11H,2-4,7,9H2,1H3,(H2,15,16). The molecule has 0 radical (unpaired) electrons. The number of anilines is 1. The van der Waals surface area contributed by atoms with Gasteiger partial charge in [0.2, 0.25) is 5.95 Å². The highest BCUT2D eigenvalue weighted by Crippen LogP contribution is 2.22. The molecule has 0 bridgehead atoms. The Morgan fingerprint density at radius 2 is 2.33 bits per heavy atom. The van der Waals surface area contributed by atoms with E-state index >= 15 is 0 Å². The second kappa shape index (κ2) is 4.61. The predicted octanol–water partition coefficient (Wildman–Crippen LogP) is 2.50. The van der Waals surface area contributed by atoms with Crippen molar-refractivity contribution in [3.63, 3.8) is 0 Å². The lowest BCUT2D eigenvalue weighted by molar-refractivity contribution is 0.00694. The lowest BCUT2D eigenvalue weighted by Gasteiger charge is -2.23. The second-order valence-electron chi connectivity index (χ2n) is 5.06. The molecule has 0 aliphatic carbocycles. The smallest absolute Gasteiger partial charge is 0.201 e. The highest BCUT2D eigenvalue weighted by molar-refractivity contribution is 5.79. The highest BCUT2D eigenvalue weighted by Gasteiger charge is 2.17. The summed E-state index contributed by atoms with van der Waals surface area (Å²) in [5, 5.41) is 0. The Morgan fingerprint density at radius 1 is 1.44 bits per heavy atom. The maximum Gasteiger partial charge on any atom is 0.201 e. The molecule has 3 rings (SSSR count). The largest absolute Gasteiger partial charge is 0.376 e. The normalized spacial score (nSPS) is 20.4. The van der Waals surface area contributed by atoms with E-state index in [0.29, 0.717) is 5.95 Å². The van der Waals surface area contributed by atoms with Gasteiger partial charge in [0.1, 0.15) is 0 Å². The van der Waals surface area contributed by atoms with Crippen molar-refractivity contribution in [2.45, 2.75) is 38.8 Å². The fourth-order valence-corrected chi connectivity index (χ4v) is 2.60. The van der Waals surface area contributed by atoms with Gasteiger partial charge in [0.25, 0.3) is 0 Å². The van der Waals surface area contributed by atoms with E-state index < -0.39 is 0 Å². The number of fused-ring (bicyclic) bond motifs is 1. The van der Waals surface area contributed by atoms with E-state index in [0.717, 1.165) is 30.6 Å². The van der Waals surface area contributed by atoms with Crippen molar-refractivity contribution in [3.8, 4) is 0 Å². The SMILES string of the molecule is Cc1ccc2nc(N)n(CC3CCCCO3)c2c1. The van der Waals surface area contributed by atoms with Crippen LogP contribution in [0.4, 0.5) is 5.95 Å². The molecule has 4 nitrogen and oxygen atoms in total. The number of aromatic nitrogens is 2. The number of hydrogen-bond donors (Lipinski definition) is 1. The van der Waals surface area contributed by atoms with Gasteiger partial charge in [-0.2, -0.15) is 0 Å². The molecule has 1 aromatic carbocycles. The van der Waals surface area contributed by atoms with Gasteiger partial charge in [0.05, 0.1) is 23.7 Å². The molecule has 4 heteroatoms. The van der Waals surface area contributed by atoms with E-state index in [9.17, 15) is 0 Å². The summed E-state index contributed by atoms with van der Waals surface area (Å²) in [6.07, 6.45) is 3.82. The number of hydrogen-bond acceptors (Lipinski definition) is 3. The Morgan fingerprint density at radius 3 is 3.11 bits per heavy atom. The Hall–Kier alpha value is -1.55. The summed E-state index contributed by atoms with van der Waals surface area (Å²) in [7, 11) is 0. The number of nitrogens with two attached hydrogens (primary N) is 1. The first kappa shape index (κ1) is 11.5. The van der Waals surface area contributed by atoms with Gasteiger partial charge in [-0.15, -0.1) is 0 Å². The van der Waals surface area contributed by atoms with Crippen LogP contribution in [0.5, 0.6) is 0 Å².